The SMILES string of the molecule is CC(C)[C@@H](C(=O)O)n1cc(-c2ccc(S(=O)O)cc2)nn1. The van der Waals surface area contributed by atoms with Crippen LogP contribution in [0.4, 0.5) is 0 Å². The summed E-state index contributed by atoms with van der Waals surface area (Å²) in [6, 6.07) is 5.53. The predicted molar refractivity (Wildman–Crippen MR) is 76.0 cm³/mol. The Hall–Kier alpha value is -2.06. The van der Waals surface area contributed by atoms with Crippen molar-refractivity contribution in [1.82, 2.24) is 15.0 Å². The Bertz CT molecular complexity index is 666. The molecular weight excluding hydrogens is 294 g/mol. The maximum atomic E-state index is 11.3. The summed E-state index contributed by atoms with van der Waals surface area (Å²) in [5.74, 6) is -1.09. The standard InChI is InChI=1S/C13H15N3O4S/c1-8(2)12(13(17)18)16-7-11(14-15-16)9-3-5-10(6-4-9)21(19)20/h3-8,12H,1-2H3,(H,17,18)(H,19,20)/t12-/m0/s1. The lowest BCUT2D eigenvalue weighted by molar-refractivity contribution is -0.142. The molecule has 112 valence electrons. The number of nitrogens with zero attached hydrogens (tertiary/aromatic N) is 3. The highest BCUT2D eigenvalue weighted by molar-refractivity contribution is 7.79. The molecule has 2 N–H and O–H groups in total. The zero-order valence-corrected chi connectivity index (χ0v) is 12.3. The van der Waals surface area contributed by atoms with E-state index < -0.39 is 23.1 Å². The van der Waals surface area contributed by atoms with E-state index in [-0.39, 0.29) is 10.8 Å². The van der Waals surface area contributed by atoms with Crippen molar-refractivity contribution in [2.45, 2.75) is 24.8 Å². The summed E-state index contributed by atoms with van der Waals surface area (Å²) in [6.07, 6.45) is 1.56. The molecule has 1 heterocycles. The number of rotatable bonds is 5. The molecule has 1 aromatic carbocycles. The Morgan fingerprint density at radius 2 is 1.90 bits per heavy atom. The lowest BCUT2D eigenvalue weighted by atomic mass is 10.1. The van der Waals surface area contributed by atoms with Crippen molar-refractivity contribution < 1.29 is 18.7 Å². The van der Waals surface area contributed by atoms with Crippen molar-refractivity contribution in [3.63, 3.8) is 0 Å². The van der Waals surface area contributed by atoms with Gasteiger partial charge in [0.05, 0.1) is 11.1 Å². The molecule has 1 aromatic heterocycles. The molecule has 0 radical (unpaired) electrons. The van der Waals surface area contributed by atoms with Crippen molar-refractivity contribution in [2.75, 3.05) is 0 Å². The highest BCUT2D eigenvalue weighted by Crippen LogP contribution is 2.22. The van der Waals surface area contributed by atoms with E-state index in [0.29, 0.717) is 11.3 Å². The van der Waals surface area contributed by atoms with Crippen molar-refractivity contribution >= 4 is 17.0 Å². The number of carbonyl (C=O) groups is 1. The molecule has 0 bridgehead atoms. The van der Waals surface area contributed by atoms with Gasteiger partial charge in [-0.2, -0.15) is 0 Å². The van der Waals surface area contributed by atoms with Gasteiger partial charge in [0.25, 0.3) is 0 Å². The lowest BCUT2D eigenvalue weighted by Gasteiger charge is -2.15. The van der Waals surface area contributed by atoms with Crippen LogP contribution in [0.1, 0.15) is 19.9 Å². The van der Waals surface area contributed by atoms with Crippen LogP contribution in [0, 0.1) is 5.92 Å². The van der Waals surface area contributed by atoms with E-state index in [2.05, 4.69) is 10.3 Å². The van der Waals surface area contributed by atoms with Crippen LogP contribution in [0.15, 0.2) is 35.4 Å². The zero-order chi connectivity index (χ0) is 15.6. The van der Waals surface area contributed by atoms with Crippen LogP contribution in [0.2, 0.25) is 0 Å². The Kier molecular flexibility index (Phi) is 4.49. The fourth-order valence-electron chi connectivity index (χ4n) is 1.99. The van der Waals surface area contributed by atoms with Gasteiger partial charge in [-0.25, -0.2) is 13.7 Å². The minimum Gasteiger partial charge on any atom is -0.480 e. The van der Waals surface area contributed by atoms with Gasteiger partial charge in [0.1, 0.15) is 5.69 Å². The molecule has 0 saturated carbocycles. The summed E-state index contributed by atoms with van der Waals surface area (Å²) in [5.41, 5.74) is 1.21. The largest absolute Gasteiger partial charge is 0.480 e. The number of carboxylic acid groups (broad SMARTS) is 1. The lowest BCUT2D eigenvalue weighted by Crippen LogP contribution is -2.24. The van der Waals surface area contributed by atoms with Crippen LogP contribution < -0.4 is 0 Å². The Labute approximate surface area is 123 Å². The molecule has 0 fully saturated rings. The topological polar surface area (TPSA) is 105 Å². The number of hydrogen-bond acceptors (Lipinski definition) is 4. The minimum atomic E-state index is -2.03. The first-order valence-electron chi connectivity index (χ1n) is 6.26. The van der Waals surface area contributed by atoms with Gasteiger partial charge in [-0.15, -0.1) is 5.10 Å². The first kappa shape index (κ1) is 15.3. The van der Waals surface area contributed by atoms with Gasteiger partial charge in [0.2, 0.25) is 0 Å². The summed E-state index contributed by atoms with van der Waals surface area (Å²) >= 11 is -2.03. The number of aromatic nitrogens is 3. The Morgan fingerprint density at radius 1 is 1.29 bits per heavy atom. The van der Waals surface area contributed by atoms with Crippen molar-refractivity contribution in [3.05, 3.63) is 30.5 Å². The zero-order valence-electron chi connectivity index (χ0n) is 11.5. The summed E-state index contributed by atoms with van der Waals surface area (Å²) in [7, 11) is 0. The summed E-state index contributed by atoms with van der Waals surface area (Å²) in [5, 5.41) is 17.1. The molecule has 0 spiro atoms. The predicted octanol–water partition coefficient (Wildman–Crippen LogP) is 1.81. The van der Waals surface area contributed by atoms with Crippen LogP contribution in [-0.4, -0.2) is 34.8 Å². The van der Waals surface area contributed by atoms with Crippen LogP contribution >= 0.6 is 0 Å². The van der Waals surface area contributed by atoms with Gasteiger partial charge in [-0.1, -0.05) is 31.2 Å². The van der Waals surface area contributed by atoms with Crippen molar-refractivity contribution in [3.8, 4) is 11.3 Å². The van der Waals surface area contributed by atoms with Crippen molar-refractivity contribution in [2.24, 2.45) is 5.92 Å². The van der Waals surface area contributed by atoms with E-state index in [0.717, 1.165) is 0 Å². The number of benzene rings is 1. The fourth-order valence-corrected chi connectivity index (χ4v) is 2.36. The minimum absolute atomic E-state index is 0.128. The highest BCUT2D eigenvalue weighted by atomic mass is 32.2. The van der Waals surface area contributed by atoms with Crippen LogP contribution in [0.5, 0.6) is 0 Å². The molecule has 8 heteroatoms. The van der Waals surface area contributed by atoms with Crippen LogP contribution in [0.3, 0.4) is 0 Å². The molecular formula is C13H15N3O4S. The average Bonchev–Trinajstić information content (AvgIpc) is 2.87. The number of carboxylic acids is 1. The molecule has 0 aliphatic rings. The second-order valence-electron chi connectivity index (χ2n) is 4.88. The molecule has 1 unspecified atom stereocenters. The fraction of sp³-hybridized carbons (Fsp3) is 0.308. The average molecular weight is 309 g/mol. The van der Waals surface area contributed by atoms with Gasteiger partial charge >= 0.3 is 5.97 Å². The van der Waals surface area contributed by atoms with Crippen LogP contribution in [0.25, 0.3) is 11.3 Å². The first-order chi connectivity index (χ1) is 9.90. The number of hydrogen-bond donors (Lipinski definition) is 2. The molecule has 7 nitrogen and oxygen atoms in total. The van der Waals surface area contributed by atoms with E-state index in [9.17, 15) is 14.1 Å². The third kappa shape index (κ3) is 3.34. The van der Waals surface area contributed by atoms with Crippen molar-refractivity contribution in [1.29, 1.82) is 0 Å². The maximum Gasteiger partial charge on any atom is 0.328 e. The van der Waals surface area contributed by atoms with E-state index in [4.69, 9.17) is 4.55 Å². The number of aliphatic carboxylic acids is 1. The third-order valence-corrected chi connectivity index (χ3v) is 3.71. The molecule has 2 atom stereocenters. The van der Waals surface area contributed by atoms with E-state index >= 15 is 0 Å². The van der Waals surface area contributed by atoms with Gasteiger partial charge in [-0.05, 0) is 18.1 Å². The monoisotopic (exact) mass is 309 g/mol. The third-order valence-electron chi connectivity index (χ3n) is 3.03. The second kappa shape index (κ2) is 6.15. The van der Waals surface area contributed by atoms with Gasteiger partial charge in [0.15, 0.2) is 17.1 Å². The summed E-state index contributed by atoms with van der Waals surface area (Å²) in [4.78, 5) is 11.5. The Balaban J connectivity index is 2.31. The van der Waals surface area contributed by atoms with Gasteiger partial charge in [0, 0.05) is 5.56 Å². The van der Waals surface area contributed by atoms with E-state index in [1.54, 1.807) is 32.2 Å². The van der Waals surface area contributed by atoms with Gasteiger partial charge < -0.3 is 9.66 Å². The summed E-state index contributed by atoms with van der Waals surface area (Å²) in [6.45, 7) is 3.59. The maximum absolute atomic E-state index is 11.3. The van der Waals surface area contributed by atoms with E-state index in [1.165, 1.54) is 16.8 Å². The van der Waals surface area contributed by atoms with Gasteiger partial charge in [-0.3, -0.25) is 0 Å². The Morgan fingerprint density at radius 3 is 2.38 bits per heavy atom. The molecule has 2 aromatic rings. The first-order valence-corrected chi connectivity index (χ1v) is 7.36. The molecule has 0 aliphatic carbocycles. The van der Waals surface area contributed by atoms with E-state index in [1.807, 2.05) is 0 Å². The molecule has 2 rings (SSSR count). The normalized spacial score (nSPS) is 14.1. The molecule has 0 amide bonds. The quantitative estimate of drug-likeness (QED) is 0.816. The second-order valence-corrected chi connectivity index (χ2v) is 5.85. The summed E-state index contributed by atoms with van der Waals surface area (Å²) < 4.78 is 21.2. The molecule has 21 heavy (non-hydrogen) atoms. The van der Waals surface area contributed by atoms with Crippen LogP contribution in [-0.2, 0) is 15.9 Å². The smallest absolute Gasteiger partial charge is 0.328 e. The highest BCUT2D eigenvalue weighted by Gasteiger charge is 2.25. The molecule has 0 aliphatic heterocycles. The molecule has 0 saturated heterocycles.